The van der Waals surface area contributed by atoms with E-state index in [4.69, 9.17) is 0 Å². The van der Waals surface area contributed by atoms with Gasteiger partial charge in [0.25, 0.3) is 0 Å². The molecule has 0 spiro atoms. The molecule has 0 aromatic carbocycles. The topological polar surface area (TPSA) is 50.1 Å². The van der Waals surface area contributed by atoms with E-state index in [0.29, 0.717) is 6.54 Å². The van der Waals surface area contributed by atoms with Gasteiger partial charge in [0.05, 0.1) is 12.3 Å². The number of rotatable bonds is 6. The molecule has 1 rings (SSSR count). The molecule has 4 heteroatoms. The van der Waals surface area contributed by atoms with E-state index in [1.165, 1.54) is 0 Å². The van der Waals surface area contributed by atoms with Gasteiger partial charge in [-0.05, 0) is 13.0 Å². The summed E-state index contributed by atoms with van der Waals surface area (Å²) in [5.74, 6) is 0. The van der Waals surface area contributed by atoms with Gasteiger partial charge in [-0.3, -0.25) is 4.68 Å². The van der Waals surface area contributed by atoms with Gasteiger partial charge in [0, 0.05) is 24.8 Å². The van der Waals surface area contributed by atoms with Crippen LogP contribution in [0.25, 0.3) is 0 Å². The number of likely N-dealkylation sites (N-methyl/N-ethyl adjacent to an activating group) is 1. The van der Waals surface area contributed by atoms with Crippen LogP contribution in [0, 0.1) is 0 Å². The smallest absolute Gasteiger partial charge is 0.0944 e. The molecule has 1 aromatic heterocycles. The summed E-state index contributed by atoms with van der Waals surface area (Å²) in [6.07, 6.45) is 4.26. The number of aryl methyl sites for hydroxylation is 1. The van der Waals surface area contributed by atoms with Crippen molar-refractivity contribution < 1.29 is 5.11 Å². The lowest BCUT2D eigenvalue weighted by Gasteiger charge is -2.07. The minimum absolute atomic E-state index is 0.444. The zero-order chi connectivity index (χ0) is 10.4. The molecular formula is C10H19N3O. The van der Waals surface area contributed by atoms with E-state index in [1.54, 1.807) is 6.20 Å². The molecule has 80 valence electrons. The highest BCUT2D eigenvalue weighted by Crippen LogP contribution is 2.10. The number of nitrogens with one attached hydrogen (secondary N) is 1. The molecule has 0 bridgehead atoms. The molecule has 0 fully saturated rings. The van der Waals surface area contributed by atoms with Gasteiger partial charge >= 0.3 is 0 Å². The van der Waals surface area contributed by atoms with Crippen LogP contribution in [0.1, 0.15) is 31.9 Å². The quantitative estimate of drug-likeness (QED) is 0.713. The van der Waals surface area contributed by atoms with Crippen LogP contribution in [-0.4, -0.2) is 28.0 Å². The van der Waals surface area contributed by atoms with Crippen LogP contribution < -0.4 is 5.32 Å². The third-order valence-corrected chi connectivity index (χ3v) is 2.08. The van der Waals surface area contributed by atoms with Crippen molar-refractivity contribution in [2.45, 2.75) is 32.9 Å². The lowest BCUT2D eigenvalue weighted by Crippen LogP contribution is -2.20. The summed E-state index contributed by atoms with van der Waals surface area (Å²) < 4.78 is 1.87. The highest BCUT2D eigenvalue weighted by Gasteiger charge is 2.08. The molecule has 4 nitrogen and oxygen atoms in total. The number of hydrogen-bond acceptors (Lipinski definition) is 3. The Balaban J connectivity index is 2.48. The third-order valence-electron chi connectivity index (χ3n) is 2.08. The van der Waals surface area contributed by atoms with E-state index in [9.17, 15) is 5.11 Å². The predicted molar refractivity (Wildman–Crippen MR) is 56.0 cm³/mol. The standard InChI is InChI=1S/C10H19N3O/c1-3-5-13-8-9(6-12-13)10(14)7-11-4-2/h6,8,10-11,14H,3-5,7H2,1-2H3. The van der Waals surface area contributed by atoms with E-state index < -0.39 is 6.10 Å². The fourth-order valence-electron chi connectivity index (χ4n) is 1.30. The Morgan fingerprint density at radius 2 is 2.36 bits per heavy atom. The number of hydrogen-bond donors (Lipinski definition) is 2. The van der Waals surface area contributed by atoms with Crippen molar-refractivity contribution in [3.05, 3.63) is 18.0 Å². The fourth-order valence-corrected chi connectivity index (χ4v) is 1.30. The zero-order valence-electron chi connectivity index (χ0n) is 8.90. The Kier molecular flexibility index (Phi) is 4.62. The van der Waals surface area contributed by atoms with Crippen molar-refractivity contribution in [2.75, 3.05) is 13.1 Å². The number of aromatic nitrogens is 2. The molecule has 0 amide bonds. The maximum absolute atomic E-state index is 9.72. The summed E-state index contributed by atoms with van der Waals surface area (Å²) in [4.78, 5) is 0. The van der Waals surface area contributed by atoms with Crippen molar-refractivity contribution >= 4 is 0 Å². The van der Waals surface area contributed by atoms with Gasteiger partial charge in [0.2, 0.25) is 0 Å². The fraction of sp³-hybridized carbons (Fsp3) is 0.700. The molecule has 0 aliphatic carbocycles. The Labute approximate surface area is 84.9 Å². The first-order chi connectivity index (χ1) is 6.77. The SMILES string of the molecule is CCCn1cc(C(O)CNCC)cn1. The van der Waals surface area contributed by atoms with Crippen LogP contribution in [0.5, 0.6) is 0 Å². The normalized spacial score (nSPS) is 13.1. The van der Waals surface area contributed by atoms with E-state index >= 15 is 0 Å². The molecule has 0 saturated heterocycles. The lowest BCUT2D eigenvalue weighted by atomic mass is 10.2. The van der Waals surface area contributed by atoms with Crippen LogP contribution in [0.4, 0.5) is 0 Å². The summed E-state index contributed by atoms with van der Waals surface area (Å²) >= 11 is 0. The zero-order valence-corrected chi connectivity index (χ0v) is 8.90. The average molecular weight is 197 g/mol. The maximum atomic E-state index is 9.72. The molecule has 1 atom stereocenters. The summed E-state index contributed by atoms with van der Waals surface area (Å²) in [5, 5.41) is 17.0. The van der Waals surface area contributed by atoms with Crippen molar-refractivity contribution in [1.82, 2.24) is 15.1 Å². The third kappa shape index (κ3) is 3.12. The Hall–Kier alpha value is -0.870. The first-order valence-electron chi connectivity index (χ1n) is 5.19. The number of nitrogens with zero attached hydrogens (tertiary/aromatic N) is 2. The Bertz CT molecular complexity index is 260. The number of aliphatic hydroxyl groups excluding tert-OH is 1. The Morgan fingerprint density at radius 3 is 3.00 bits per heavy atom. The summed E-state index contributed by atoms with van der Waals surface area (Å²) in [5.41, 5.74) is 0.888. The molecule has 1 heterocycles. The van der Waals surface area contributed by atoms with E-state index in [0.717, 1.165) is 25.1 Å². The molecule has 2 N–H and O–H groups in total. The molecule has 1 aromatic rings. The van der Waals surface area contributed by atoms with Gasteiger partial charge < -0.3 is 10.4 Å². The molecule has 0 aliphatic rings. The highest BCUT2D eigenvalue weighted by atomic mass is 16.3. The van der Waals surface area contributed by atoms with Gasteiger partial charge in [0.15, 0.2) is 0 Å². The van der Waals surface area contributed by atoms with Crippen molar-refractivity contribution in [1.29, 1.82) is 0 Å². The van der Waals surface area contributed by atoms with Crippen molar-refractivity contribution in [2.24, 2.45) is 0 Å². The maximum Gasteiger partial charge on any atom is 0.0944 e. The van der Waals surface area contributed by atoms with Gasteiger partial charge in [-0.15, -0.1) is 0 Å². The van der Waals surface area contributed by atoms with Gasteiger partial charge in [-0.1, -0.05) is 13.8 Å². The Morgan fingerprint density at radius 1 is 1.57 bits per heavy atom. The van der Waals surface area contributed by atoms with Crippen LogP contribution in [0.15, 0.2) is 12.4 Å². The van der Waals surface area contributed by atoms with Crippen LogP contribution >= 0.6 is 0 Å². The summed E-state index contributed by atoms with van der Waals surface area (Å²) in [6, 6.07) is 0. The second kappa shape index (κ2) is 5.78. The molecule has 0 saturated carbocycles. The average Bonchev–Trinajstić information content (AvgIpc) is 2.63. The minimum Gasteiger partial charge on any atom is -0.387 e. The van der Waals surface area contributed by atoms with Gasteiger partial charge in [0.1, 0.15) is 0 Å². The largest absolute Gasteiger partial charge is 0.387 e. The van der Waals surface area contributed by atoms with Crippen LogP contribution in [-0.2, 0) is 6.54 Å². The van der Waals surface area contributed by atoms with E-state index in [2.05, 4.69) is 17.3 Å². The summed E-state index contributed by atoms with van der Waals surface area (Å²) in [6.45, 7) is 6.51. The van der Waals surface area contributed by atoms with E-state index in [1.807, 2.05) is 17.8 Å². The van der Waals surface area contributed by atoms with Gasteiger partial charge in [-0.25, -0.2) is 0 Å². The number of aliphatic hydroxyl groups is 1. The summed E-state index contributed by atoms with van der Waals surface area (Å²) in [7, 11) is 0. The molecule has 0 aliphatic heterocycles. The highest BCUT2D eigenvalue weighted by molar-refractivity contribution is 5.08. The molecule has 1 unspecified atom stereocenters. The van der Waals surface area contributed by atoms with Crippen molar-refractivity contribution in [3.63, 3.8) is 0 Å². The van der Waals surface area contributed by atoms with E-state index in [-0.39, 0.29) is 0 Å². The first kappa shape index (κ1) is 11.2. The first-order valence-corrected chi connectivity index (χ1v) is 5.19. The second-order valence-electron chi connectivity index (χ2n) is 3.36. The van der Waals surface area contributed by atoms with Crippen molar-refractivity contribution in [3.8, 4) is 0 Å². The van der Waals surface area contributed by atoms with Crippen LogP contribution in [0.2, 0.25) is 0 Å². The lowest BCUT2D eigenvalue weighted by molar-refractivity contribution is 0.175. The van der Waals surface area contributed by atoms with Crippen LogP contribution in [0.3, 0.4) is 0 Å². The molecule has 14 heavy (non-hydrogen) atoms. The minimum atomic E-state index is -0.444. The van der Waals surface area contributed by atoms with Gasteiger partial charge in [-0.2, -0.15) is 5.10 Å². The predicted octanol–water partition coefficient (Wildman–Crippen LogP) is 0.936. The second-order valence-corrected chi connectivity index (χ2v) is 3.36. The molecule has 0 radical (unpaired) electrons. The monoisotopic (exact) mass is 197 g/mol. The molecular weight excluding hydrogens is 178 g/mol.